The highest BCUT2D eigenvalue weighted by atomic mass is 32.2. The smallest absolute Gasteiger partial charge is 0.278 e. The van der Waals surface area contributed by atoms with Crippen LogP contribution < -0.4 is 5.43 Å². The molecule has 4 rings (SSSR count). The fourth-order valence-corrected chi connectivity index (χ4v) is 3.64. The van der Waals surface area contributed by atoms with Gasteiger partial charge in [0.25, 0.3) is 5.88 Å². The molecule has 1 aromatic rings. The predicted octanol–water partition coefficient (Wildman–Crippen LogP) is 2.37. The van der Waals surface area contributed by atoms with Crippen molar-refractivity contribution in [1.82, 2.24) is 4.57 Å². The van der Waals surface area contributed by atoms with E-state index < -0.39 is 0 Å². The van der Waals surface area contributed by atoms with Crippen LogP contribution in [0.15, 0.2) is 63.1 Å². The molecule has 104 valence electrons. The minimum absolute atomic E-state index is 0.00323. The zero-order valence-electron chi connectivity index (χ0n) is 11.1. The van der Waals surface area contributed by atoms with Crippen molar-refractivity contribution in [2.45, 2.75) is 6.42 Å². The highest BCUT2D eigenvalue weighted by Gasteiger charge is 2.37. The molecule has 2 heterocycles. The number of allylic oxidation sites excluding steroid dienone is 6. The summed E-state index contributed by atoms with van der Waals surface area (Å²) in [6.45, 7) is 0. The molecule has 6 heteroatoms. The molecule has 0 amide bonds. The van der Waals surface area contributed by atoms with E-state index >= 15 is 0 Å². The molecule has 0 aromatic carbocycles. The number of rotatable bonds is 1. The van der Waals surface area contributed by atoms with E-state index in [0.717, 1.165) is 27.6 Å². The van der Waals surface area contributed by atoms with Crippen molar-refractivity contribution in [1.29, 1.82) is 0 Å². The lowest BCUT2D eigenvalue weighted by Gasteiger charge is -2.18. The average Bonchev–Trinajstić information content (AvgIpc) is 2.85. The maximum Gasteiger partial charge on any atom is 0.278 e. The van der Waals surface area contributed by atoms with Crippen LogP contribution in [0, 0.1) is 10.8 Å². The molecule has 5 nitrogen and oxygen atoms in total. The van der Waals surface area contributed by atoms with Gasteiger partial charge in [0.15, 0.2) is 10.3 Å². The molecule has 3 aliphatic rings. The van der Waals surface area contributed by atoms with Crippen LogP contribution in [0.5, 0.6) is 0 Å². The molecule has 1 atom stereocenters. The van der Waals surface area contributed by atoms with Gasteiger partial charge in [-0.2, -0.15) is 0 Å². The van der Waals surface area contributed by atoms with E-state index in [-0.39, 0.29) is 11.3 Å². The van der Waals surface area contributed by atoms with Crippen LogP contribution in [-0.4, -0.2) is 21.0 Å². The Morgan fingerprint density at radius 1 is 1.29 bits per heavy atom. The van der Waals surface area contributed by atoms with Crippen LogP contribution in [0.4, 0.5) is 0 Å². The number of nitrogens with zero attached hydrogens (tertiary/aromatic N) is 3. The second kappa shape index (κ2) is 4.66. The van der Waals surface area contributed by atoms with Crippen LogP contribution >= 0.6 is 11.8 Å². The first-order valence-electron chi connectivity index (χ1n) is 6.69. The van der Waals surface area contributed by atoms with Crippen LogP contribution in [0.25, 0.3) is 5.70 Å². The number of hydrogen-bond donors (Lipinski definition) is 0. The standard InChI is InChI=1S/C15H12N3O2S/c19-12-3-5-17(6-4-12)11-1-2-13-10(7-11)8-14-15(13)16-18(20)9-21-14/h1,3-8,13H,2,9H2/q+1. The summed E-state index contributed by atoms with van der Waals surface area (Å²) in [5, 5.41) is 4.13. The minimum Gasteiger partial charge on any atom is -0.324 e. The third-order valence-corrected chi connectivity index (χ3v) is 4.79. The summed E-state index contributed by atoms with van der Waals surface area (Å²) in [7, 11) is 0. The van der Waals surface area contributed by atoms with E-state index in [2.05, 4.69) is 23.3 Å². The zero-order chi connectivity index (χ0) is 14.4. The summed E-state index contributed by atoms with van der Waals surface area (Å²) < 4.78 is 1.93. The molecule has 0 saturated heterocycles. The van der Waals surface area contributed by atoms with E-state index in [1.54, 1.807) is 24.5 Å². The molecule has 1 aromatic heterocycles. The molecule has 0 N–H and O–H groups in total. The summed E-state index contributed by atoms with van der Waals surface area (Å²) in [5.74, 6) is 0.544. The lowest BCUT2D eigenvalue weighted by molar-refractivity contribution is -0.534. The Balaban J connectivity index is 1.71. The quantitative estimate of drug-likeness (QED) is 0.748. The molecular formula is C15H12N3O2S+. The Hall–Kier alpha value is -2.21. The predicted molar refractivity (Wildman–Crippen MR) is 82.8 cm³/mol. The van der Waals surface area contributed by atoms with Crippen LogP contribution in [-0.2, 0) is 0 Å². The Labute approximate surface area is 124 Å². The van der Waals surface area contributed by atoms with Gasteiger partial charge in [0.05, 0.1) is 4.91 Å². The van der Waals surface area contributed by atoms with E-state index in [9.17, 15) is 9.70 Å². The summed E-state index contributed by atoms with van der Waals surface area (Å²) >= 11 is 1.54. The number of hydrogen-bond acceptors (Lipinski definition) is 3. The highest BCUT2D eigenvalue weighted by Crippen LogP contribution is 2.41. The van der Waals surface area contributed by atoms with Gasteiger partial charge >= 0.3 is 0 Å². The molecule has 2 aliphatic carbocycles. The van der Waals surface area contributed by atoms with Gasteiger partial charge in [-0.25, -0.2) is 0 Å². The molecule has 0 spiro atoms. The number of hydrazone groups is 1. The monoisotopic (exact) mass is 298 g/mol. The van der Waals surface area contributed by atoms with Gasteiger partial charge in [0.1, 0.15) is 5.71 Å². The van der Waals surface area contributed by atoms with Crippen molar-refractivity contribution >= 4 is 23.2 Å². The van der Waals surface area contributed by atoms with Crippen molar-refractivity contribution in [3.63, 3.8) is 0 Å². The lowest BCUT2D eigenvalue weighted by atomic mass is 9.91. The second-order valence-corrected chi connectivity index (χ2v) is 6.11. The average molecular weight is 298 g/mol. The molecular weight excluding hydrogens is 286 g/mol. The van der Waals surface area contributed by atoms with Crippen LogP contribution in [0.2, 0.25) is 0 Å². The van der Waals surface area contributed by atoms with Crippen molar-refractivity contribution in [2.75, 3.05) is 5.88 Å². The number of fused-ring (bicyclic) bond motifs is 3. The van der Waals surface area contributed by atoms with Crippen molar-refractivity contribution in [3.8, 4) is 0 Å². The van der Waals surface area contributed by atoms with E-state index in [1.165, 1.54) is 17.3 Å². The first kappa shape index (κ1) is 12.5. The summed E-state index contributed by atoms with van der Waals surface area (Å²) in [5.41, 5.74) is 3.12. The Morgan fingerprint density at radius 3 is 2.90 bits per heavy atom. The Bertz CT molecular complexity index is 809. The third kappa shape index (κ3) is 2.12. The van der Waals surface area contributed by atoms with Gasteiger partial charge in [-0.1, -0.05) is 6.08 Å². The molecule has 0 saturated carbocycles. The molecule has 1 unspecified atom stereocenters. The fourth-order valence-electron chi connectivity index (χ4n) is 2.79. The van der Waals surface area contributed by atoms with Gasteiger partial charge in [-0.05, 0) is 35.9 Å². The largest absolute Gasteiger partial charge is 0.324 e. The summed E-state index contributed by atoms with van der Waals surface area (Å²) in [6, 6.07) is 3.10. The normalized spacial score (nSPS) is 23.6. The van der Waals surface area contributed by atoms with Gasteiger partial charge in [0.2, 0.25) is 0 Å². The molecule has 21 heavy (non-hydrogen) atoms. The van der Waals surface area contributed by atoms with E-state index in [4.69, 9.17) is 0 Å². The molecule has 0 bridgehead atoms. The minimum atomic E-state index is 0.00323. The van der Waals surface area contributed by atoms with Gasteiger partial charge in [-0.15, -0.1) is 0 Å². The fraction of sp³-hybridized carbons (Fsp3) is 0.200. The van der Waals surface area contributed by atoms with E-state index in [1.807, 2.05) is 4.57 Å². The van der Waals surface area contributed by atoms with Crippen LogP contribution in [0.3, 0.4) is 0 Å². The highest BCUT2D eigenvalue weighted by molar-refractivity contribution is 8.03. The van der Waals surface area contributed by atoms with Crippen molar-refractivity contribution in [3.05, 3.63) is 68.4 Å². The second-order valence-electron chi connectivity index (χ2n) is 5.12. The summed E-state index contributed by atoms with van der Waals surface area (Å²) in [6.07, 6.45) is 10.7. The van der Waals surface area contributed by atoms with Crippen LogP contribution in [0.1, 0.15) is 6.42 Å². The number of thioether (sulfide) groups is 1. The summed E-state index contributed by atoms with van der Waals surface area (Å²) in [4.78, 5) is 24.4. The third-order valence-electron chi connectivity index (χ3n) is 3.81. The van der Waals surface area contributed by atoms with Gasteiger partial charge in [-0.3, -0.25) is 4.79 Å². The SMILES string of the molecule is O=c1ccn(C2=CCC3C(=C2)C=C2SC[N+](=O)N=C23)cc1. The number of aromatic nitrogens is 1. The maximum atomic E-state index is 11.4. The zero-order valence-corrected chi connectivity index (χ0v) is 11.9. The topological polar surface area (TPSA) is 54.4 Å². The van der Waals surface area contributed by atoms with E-state index in [0.29, 0.717) is 5.88 Å². The van der Waals surface area contributed by atoms with Gasteiger partial charge in [0, 0.05) is 46.1 Å². The Kier molecular flexibility index (Phi) is 2.78. The number of pyridine rings is 1. The number of nitroso groups, excluding NO2 is 1. The lowest BCUT2D eigenvalue weighted by Crippen LogP contribution is -2.20. The van der Waals surface area contributed by atoms with Gasteiger partial charge < -0.3 is 4.57 Å². The maximum absolute atomic E-state index is 11.4. The first-order chi connectivity index (χ1) is 10.2. The first-order valence-corrected chi connectivity index (χ1v) is 7.68. The van der Waals surface area contributed by atoms with Crippen molar-refractivity contribution < 1.29 is 4.87 Å². The Morgan fingerprint density at radius 2 is 2.10 bits per heavy atom. The molecule has 0 fully saturated rings. The molecule has 1 aliphatic heterocycles. The van der Waals surface area contributed by atoms with Crippen molar-refractivity contribution in [2.24, 2.45) is 11.0 Å². The molecule has 0 radical (unpaired) electrons.